The Morgan fingerprint density at radius 3 is 1.12 bits per heavy atom. The van der Waals surface area contributed by atoms with Crippen LogP contribution >= 0.6 is 14.3 Å². The van der Waals surface area contributed by atoms with Gasteiger partial charge in [0.15, 0.2) is 0 Å². The molecule has 4 aromatic carbocycles. The van der Waals surface area contributed by atoms with Gasteiger partial charge >= 0.3 is 0 Å². The van der Waals surface area contributed by atoms with E-state index in [1.54, 1.807) is 60.7 Å². The Bertz CT molecular complexity index is 1200. The molecule has 4 aromatic rings. The summed E-state index contributed by atoms with van der Waals surface area (Å²) in [5, 5.41) is 23.0. The summed E-state index contributed by atoms with van der Waals surface area (Å²) in [5.74, 6) is -0.0893. The van der Waals surface area contributed by atoms with Crippen LogP contribution in [0, 0.1) is 0 Å². The van der Waals surface area contributed by atoms with Crippen molar-refractivity contribution in [1.82, 2.24) is 0 Å². The molecule has 6 heteroatoms. The maximum Gasteiger partial charge on any atom is 0.147 e. The highest BCUT2D eigenvalue weighted by Crippen LogP contribution is 2.53. The third-order valence-electron chi connectivity index (χ3n) is 5.62. The average Bonchev–Trinajstić information content (AvgIpc) is 2.84. The van der Waals surface area contributed by atoms with Gasteiger partial charge in [-0.1, -0.05) is 84.9 Å². The molecule has 0 spiro atoms. The minimum absolute atomic E-state index is 0.0446. The van der Waals surface area contributed by atoms with Crippen LogP contribution in [0.25, 0.3) is 0 Å². The van der Waals surface area contributed by atoms with E-state index in [0.717, 1.165) is 0 Å². The van der Waals surface area contributed by atoms with Crippen LogP contribution < -0.4 is 21.2 Å². The van der Waals surface area contributed by atoms with Gasteiger partial charge in [-0.05, 0) is 24.3 Å². The smallest absolute Gasteiger partial charge is 0.147 e. The Morgan fingerprint density at radius 2 is 0.781 bits per heavy atom. The van der Waals surface area contributed by atoms with E-state index >= 15 is 0 Å². The minimum Gasteiger partial charge on any atom is -0.507 e. The molecular weight excluding hydrogens is 438 g/mol. The summed E-state index contributed by atoms with van der Waals surface area (Å²) >= 11 is 0. The van der Waals surface area contributed by atoms with Crippen molar-refractivity contribution in [2.24, 2.45) is 0 Å². The van der Waals surface area contributed by atoms with Gasteiger partial charge in [0.05, 0.1) is 10.6 Å². The fourth-order valence-electron chi connectivity index (χ4n) is 3.94. The zero-order valence-corrected chi connectivity index (χ0v) is 19.2. The van der Waals surface area contributed by atoms with Gasteiger partial charge in [-0.2, -0.15) is 0 Å². The molecule has 32 heavy (non-hydrogen) atoms. The van der Waals surface area contributed by atoms with Crippen LogP contribution in [0.3, 0.4) is 0 Å². The molecule has 0 bridgehead atoms. The monoisotopic (exact) mass is 462 g/mol. The maximum atomic E-state index is 14.5. The molecule has 4 nitrogen and oxygen atoms in total. The fraction of sp³-hybridized carbons (Fsp3) is 0.0769. The first-order valence-corrected chi connectivity index (χ1v) is 14.1. The molecule has 0 saturated heterocycles. The van der Waals surface area contributed by atoms with E-state index in [0.29, 0.717) is 21.2 Å². The van der Waals surface area contributed by atoms with Crippen LogP contribution in [0.15, 0.2) is 109 Å². The number of hydrogen-bond acceptors (Lipinski definition) is 4. The third kappa shape index (κ3) is 4.17. The molecule has 0 aliphatic rings. The highest BCUT2D eigenvalue weighted by Gasteiger charge is 2.36. The summed E-state index contributed by atoms with van der Waals surface area (Å²) < 4.78 is 29.0. The van der Waals surface area contributed by atoms with E-state index in [-0.39, 0.29) is 23.8 Å². The Hall–Kier alpha value is -3.06. The second kappa shape index (κ2) is 9.20. The van der Waals surface area contributed by atoms with Crippen molar-refractivity contribution in [3.05, 3.63) is 109 Å². The predicted molar refractivity (Wildman–Crippen MR) is 133 cm³/mol. The zero-order chi connectivity index (χ0) is 22.6. The average molecular weight is 462 g/mol. The maximum absolute atomic E-state index is 14.5. The number of para-hydroxylation sites is 2. The molecule has 4 rings (SSSR count). The molecule has 0 fully saturated rings. The summed E-state index contributed by atoms with van der Waals surface area (Å²) in [5.41, 5.74) is 0. The summed E-state index contributed by atoms with van der Waals surface area (Å²) in [6.45, 7) is 0. The van der Waals surface area contributed by atoms with Crippen molar-refractivity contribution in [2.75, 3.05) is 12.3 Å². The number of phenolic OH excluding ortho intramolecular Hbond substituents is 2. The number of rotatable bonds is 7. The molecule has 0 radical (unpaired) electrons. The van der Waals surface area contributed by atoms with E-state index in [1.807, 2.05) is 36.4 Å². The van der Waals surface area contributed by atoms with E-state index in [4.69, 9.17) is 0 Å². The van der Waals surface area contributed by atoms with Gasteiger partial charge in [0.2, 0.25) is 0 Å². The van der Waals surface area contributed by atoms with Crippen LogP contribution in [0.5, 0.6) is 11.5 Å². The summed E-state index contributed by atoms with van der Waals surface area (Å²) in [6, 6.07) is 31.2. The SMILES string of the molecule is O=P(CCP(=O)(c1ccccc1)c1ccccc1O)(c1ccccc1)c1ccccc1O. The molecule has 0 heterocycles. The van der Waals surface area contributed by atoms with Crippen molar-refractivity contribution in [1.29, 1.82) is 0 Å². The van der Waals surface area contributed by atoms with Crippen molar-refractivity contribution < 1.29 is 19.3 Å². The zero-order valence-electron chi connectivity index (χ0n) is 17.4. The first kappa shape index (κ1) is 22.1. The van der Waals surface area contributed by atoms with E-state index in [1.165, 1.54) is 12.1 Å². The van der Waals surface area contributed by atoms with Gasteiger partial charge in [-0.3, -0.25) is 0 Å². The van der Waals surface area contributed by atoms with Crippen LogP contribution in [0.1, 0.15) is 0 Å². The van der Waals surface area contributed by atoms with E-state index < -0.39 is 14.3 Å². The third-order valence-corrected chi connectivity index (χ3v) is 12.3. The minimum atomic E-state index is -3.32. The molecule has 2 N–H and O–H groups in total. The molecule has 0 aromatic heterocycles. The van der Waals surface area contributed by atoms with Gasteiger partial charge in [0.25, 0.3) is 0 Å². The molecule has 2 unspecified atom stereocenters. The lowest BCUT2D eigenvalue weighted by molar-refractivity contribution is 0.478. The number of benzene rings is 4. The first-order chi connectivity index (χ1) is 15.4. The highest BCUT2D eigenvalue weighted by atomic mass is 31.2. The van der Waals surface area contributed by atoms with Crippen LogP contribution in [0.4, 0.5) is 0 Å². The Morgan fingerprint density at radius 1 is 0.469 bits per heavy atom. The fourth-order valence-corrected chi connectivity index (χ4v) is 10.6. The quantitative estimate of drug-likeness (QED) is 0.399. The van der Waals surface area contributed by atoms with Crippen LogP contribution in [-0.4, -0.2) is 22.5 Å². The lowest BCUT2D eigenvalue weighted by Gasteiger charge is -2.25. The van der Waals surface area contributed by atoms with E-state index in [2.05, 4.69) is 0 Å². The topological polar surface area (TPSA) is 74.6 Å². The number of phenols is 2. The van der Waals surface area contributed by atoms with Crippen LogP contribution in [0.2, 0.25) is 0 Å². The summed E-state index contributed by atoms with van der Waals surface area (Å²) in [4.78, 5) is 0. The van der Waals surface area contributed by atoms with Gasteiger partial charge in [0, 0.05) is 22.9 Å². The van der Waals surface area contributed by atoms with Gasteiger partial charge < -0.3 is 19.3 Å². The Balaban J connectivity index is 1.84. The molecule has 2 atom stereocenters. The Kier molecular flexibility index (Phi) is 6.37. The van der Waals surface area contributed by atoms with Gasteiger partial charge in [-0.25, -0.2) is 0 Å². The van der Waals surface area contributed by atoms with Gasteiger partial charge in [0.1, 0.15) is 25.8 Å². The van der Waals surface area contributed by atoms with Gasteiger partial charge in [-0.15, -0.1) is 0 Å². The van der Waals surface area contributed by atoms with Crippen molar-refractivity contribution in [3.8, 4) is 11.5 Å². The number of aromatic hydroxyl groups is 2. The van der Waals surface area contributed by atoms with Crippen LogP contribution in [-0.2, 0) is 9.13 Å². The molecular formula is C26H24O4P2. The standard InChI is InChI=1S/C26H24O4P2/c27-23-15-7-9-17-25(23)31(29,21-11-3-1-4-12-21)19-20-32(30,22-13-5-2-6-14-22)26-18-10-8-16-24(26)28/h1-18,27-28H,19-20H2. The normalized spacial score (nSPS) is 14.9. The second-order valence-electron chi connectivity index (χ2n) is 7.58. The molecule has 162 valence electrons. The highest BCUT2D eigenvalue weighted by molar-refractivity contribution is 7.82. The first-order valence-electron chi connectivity index (χ1n) is 10.3. The second-order valence-corrected chi connectivity index (χ2v) is 13.4. The largest absolute Gasteiger partial charge is 0.507 e. The van der Waals surface area contributed by atoms with Crippen molar-refractivity contribution in [3.63, 3.8) is 0 Å². The Labute approximate surface area is 188 Å². The molecule has 0 aliphatic carbocycles. The molecule has 0 saturated carbocycles. The van der Waals surface area contributed by atoms with E-state index in [9.17, 15) is 19.3 Å². The lowest BCUT2D eigenvalue weighted by atomic mass is 10.3. The summed E-state index contributed by atoms with van der Waals surface area (Å²) in [7, 11) is -6.64. The molecule has 0 amide bonds. The lowest BCUT2D eigenvalue weighted by Crippen LogP contribution is -2.25. The predicted octanol–water partition coefficient (Wildman–Crippen LogP) is 4.43. The van der Waals surface area contributed by atoms with Crippen molar-refractivity contribution in [2.45, 2.75) is 0 Å². The summed E-state index contributed by atoms with van der Waals surface area (Å²) in [6.07, 6.45) is 0.157. The number of hydrogen-bond donors (Lipinski definition) is 2. The van der Waals surface area contributed by atoms with Crippen molar-refractivity contribution >= 4 is 35.5 Å². The molecule has 0 aliphatic heterocycles.